The molecule has 0 N–H and O–H groups in total. The summed E-state index contributed by atoms with van der Waals surface area (Å²) >= 11 is 0. The minimum atomic E-state index is 0.0623. The lowest BCUT2D eigenvalue weighted by Crippen LogP contribution is -2.61. The summed E-state index contributed by atoms with van der Waals surface area (Å²) in [6.07, 6.45) is 0. The summed E-state index contributed by atoms with van der Waals surface area (Å²) in [7, 11) is 0. The molecular weight excluding hydrogens is 759 g/mol. The van der Waals surface area contributed by atoms with Crippen LogP contribution in [0.2, 0.25) is 0 Å². The van der Waals surface area contributed by atoms with E-state index in [0.717, 1.165) is 0 Å². The third-order valence-corrected chi connectivity index (χ3v) is 14.2. The molecule has 0 unspecified atom stereocenters. The van der Waals surface area contributed by atoms with Crippen molar-refractivity contribution < 1.29 is 0 Å². The van der Waals surface area contributed by atoms with E-state index in [9.17, 15) is 0 Å². The average Bonchev–Trinajstić information content (AvgIpc) is 3.30. The van der Waals surface area contributed by atoms with Crippen LogP contribution in [-0.4, -0.2) is 6.71 Å². The fourth-order valence-corrected chi connectivity index (χ4v) is 10.7. The minimum absolute atomic E-state index is 0.0623. The number of nitrogens with zero attached hydrogens (tertiary/aromatic N) is 2. The second-order valence-corrected chi connectivity index (χ2v) is 19.3. The highest BCUT2D eigenvalue weighted by Crippen LogP contribution is 2.49. The topological polar surface area (TPSA) is 6.48 Å². The molecule has 2 aliphatic rings. The van der Waals surface area contributed by atoms with Crippen molar-refractivity contribution in [2.24, 2.45) is 0 Å². The van der Waals surface area contributed by atoms with E-state index >= 15 is 0 Å². The largest absolute Gasteiger partial charge is 0.311 e. The van der Waals surface area contributed by atoms with E-state index in [1.54, 1.807) is 0 Å². The van der Waals surface area contributed by atoms with Crippen molar-refractivity contribution in [1.82, 2.24) is 0 Å². The van der Waals surface area contributed by atoms with Crippen LogP contribution in [0.4, 0.5) is 34.1 Å². The molecule has 9 aromatic rings. The molecule has 2 aliphatic heterocycles. The van der Waals surface area contributed by atoms with Gasteiger partial charge in [0.05, 0.1) is 5.69 Å². The smallest absolute Gasteiger partial charge is 0.252 e. The highest BCUT2D eigenvalue weighted by Gasteiger charge is 2.44. The molecule has 2 nitrogen and oxygen atoms in total. The molecule has 0 saturated heterocycles. The molecule has 0 bridgehead atoms. The molecule has 308 valence electrons. The van der Waals surface area contributed by atoms with Crippen molar-refractivity contribution >= 4 is 89.5 Å². The van der Waals surface area contributed by atoms with E-state index in [-0.39, 0.29) is 6.71 Å². The first-order valence-corrected chi connectivity index (χ1v) is 23.2. The summed E-state index contributed by atoms with van der Waals surface area (Å²) in [5.74, 6) is 1.62. The lowest BCUT2D eigenvalue weighted by molar-refractivity contribution is 0.866. The van der Waals surface area contributed by atoms with Gasteiger partial charge in [-0.2, -0.15) is 0 Å². The zero-order chi connectivity index (χ0) is 43.3. The van der Waals surface area contributed by atoms with Gasteiger partial charge >= 0.3 is 0 Å². The number of fused-ring (bicyclic) bond motifs is 10. The van der Waals surface area contributed by atoms with Gasteiger partial charge < -0.3 is 9.80 Å². The molecule has 0 aliphatic carbocycles. The van der Waals surface area contributed by atoms with Gasteiger partial charge in [0.25, 0.3) is 6.71 Å². The molecule has 0 saturated carbocycles. The standard InChI is InChI=1S/C60H55BN2/c1-36(2)40-23-28-44(29-24-40)62-55-31-26-42(38(5)6)34-52(55)61-53-35-43(39(7)8)27-32-56(53)63(58-22-14-21-57(62)60(58)61)54-30-25-41(37(3)4)33-51(54)50-20-13-19-49-47-16-10-9-15-45(47)46-17-11-12-18-48(46)59(49)50/h9-39H,1-8H3. The van der Waals surface area contributed by atoms with Crippen LogP contribution in [-0.2, 0) is 0 Å². The van der Waals surface area contributed by atoms with E-state index in [1.807, 2.05) is 0 Å². The van der Waals surface area contributed by atoms with E-state index in [0.29, 0.717) is 23.7 Å². The molecule has 11 rings (SSSR count). The maximum atomic E-state index is 2.62. The van der Waals surface area contributed by atoms with Crippen LogP contribution < -0.4 is 26.2 Å². The zero-order valence-corrected chi connectivity index (χ0v) is 37.9. The van der Waals surface area contributed by atoms with Crippen LogP contribution >= 0.6 is 0 Å². The Labute approximate surface area is 373 Å². The minimum Gasteiger partial charge on any atom is -0.311 e. The maximum absolute atomic E-state index is 2.62. The number of rotatable bonds is 7. The van der Waals surface area contributed by atoms with Gasteiger partial charge in [-0.1, -0.05) is 171 Å². The van der Waals surface area contributed by atoms with Crippen LogP contribution in [0.3, 0.4) is 0 Å². The summed E-state index contributed by atoms with van der Waals surface area (Å²) in [5, 5.41) is 7.76. The highest BCUT2D eigenvalue weighted by atomic mass is 15.2. The lowest BCUT2D eigenvalue weighted by Gasteiger charge is -2.45. The van der Waals surface area contributed by atoms with Crippen molar-refractivity contribution in [2.45, 2.75) is 79.1 Å². The predicted octanol–water partition coefficient (Wildman–Crippen LogP) is 15.4. The maximum Gasteiger partial charge on any atom is 0.252 e. The predicted molar refractivity (Wildman–Crippen MR) is 275 cm³/mol. The molecule has 2 heterocycles. The molecule has 0 aromatic heterocycles. The van der Waals surface area contributed by atoms with Gasteiger partial charge in [-0.05, 0) is 149 Å². The summed E-state index contributed by atoms with van der Waals surface area (Å²) < 4.78 is 0. The Morgan fingerprint density at radius 1 is 0.333 bits per heavy atom. The van der Waals surface area contributed by atoms with Gasteiger partial charge in [-0.3, -0.25) is 0 Å². The summed E-state index contributed by atoms with van der Waals surface area (Å²) in [5.41, 5.74) is 19.4. The van der Waals surface area contributed by atoms with Crippen LogP contribution in [0.25, 0.3) is 43.4 Å². The Hall–Kier alpha value is -6.58. The first-order chi connectivity index (χ1) is 30.6. The van der Waals surface area contributed by atoms with Gasteiger partial charge in [0.1, 0.15) is 0 Å². The number of benzene rings is 9. The second kappa shape index (κ2) is 15.1. The zero-order valence-electron chi connectivity index (χ0n) is 37.9. The molecule has 9 aromatic carbocycles. The van der Waals surface area contributed by atoms with Crippen LogP contribution in [0.15, 0.2) is 164 Å². The number of hydrogen-bond donors (Lipinski definition) is 0. The number of hydrogen-bond acceptors (Lipinski definition) is 2. The first-order valence-electron chi connectivity index (χ1n) is 23.2. The quantitative estimate of drug-likeness (QED) is 0.117. The van der Waals surface area contributed by atoms with Crippen LogP contribution in [0.1, 0.15) is 101 Å². The normalized spacial score (nSPS) is 13.2. The Morgan fingerprint density at radius 2 is 0.762 bits per heavy atom. The molecule has 0 amide bonds. The monoisotopic (exact) mass is 814 g/mol. The van der Waals surface area contributed by atoms with Crippen LogP contribution in [0.5, 0.6) is 0 Å². The molecule has 0 atom stereocenters. The second-order valence-electron chi connectivity index (χ2n) is 19.3. The highest BCUT2D eigenvalue weighted by molar-refractivity contribution is 7.00. The van der Waals surface area contributed by atoms with E-state index in [1.165, 1.54) is 116 Å². The lowest BCUT2D eigenvalue weighted by atomic mass is 9.33. The van der Waals surface area contributed by atoms with Gasteiger partial charge in [-0.25, -0.2) is 0 Å². The van der Waals surface area contributed by atoms with Crippen molar-refractivity contribution in [1.29, 1.82) is 0 Å². The summed E-state index contributed by atoms with van der Waals surface area (Å²) in [6, 6.07) is 63.2. The Bertz CT molecular complexity index is 3220. The van der Waals surface area contributed by atoms with Gasteiger partial charge in [0.2, 0.25) is 0 Å². The van der Waals surface area contributed by atoms with Crippen molar-refractivity contribution in [3.8, 4) is 11.1 Å². The molecule has 63 heavy (non-hydrogen) atoms. The SMILES string of the molecule is CC(C)c1ccc(N2c3ccc(C(C)C)cc3B3c4cc(C(C)C)ccc4N(c4ccc(C(C)C)cc4-c4cccc5c6ccccc6c6ccccc6c45)c4cccc2c43)cc1. The summed E-state index contributed by atoms with van der Waals surface area (Å²) in [6.45, 7) is 18.5. The van der Waals surface area contributed by atoms with E-state index < -0.39 is 0 Å². The van der Waals surface area contributed by atoms with Gasteiger partial charge in [-0.15, -0.1) is 0 Å². The van der Waals surface area contributed by atoms with Gasteiger partial charge in [0, 0.05) is 34.0 Å². The molecule has 0 spiro atoms. The fourth-order valence-electron chi connectivity index (χ4n) is 10.7. The molecular formula is C60H55BN2. The van der Waals surface area contributed by atoms with Gasteiger partial charge in [0.15, 0.2) is 0 Å². The fraction of sp³-hybridized carbons (Fsp3) is 0.200. The third kappa shape index (κ3) is 6.15. The van der Waals surface area contributed by atoms with Crippen molar-refractivity contribution in [2.75, 3.05) is 9.80 Å². The molecule has 0 fully saturated rings. The molecule has 3 heteroatoms. The van der Waals surface area contributed by atoms with E-state index in [4.69, 9.17) is 0 Å². The van der Waals surface area contributed by atoms with Crippen molar-refractivity contribution in [3.63, 3.8) is 0 Å². The average molecular weight is 815 g/mol. The Morgan fingerprint density at radius 3 is 1.32 bits per heavy atom. The summed E-state index contributed by atoms with van der Waals surface area (Å²) in [4.78, 5) is 5.16. The van der Waals surface area contributed by atoms with Crippen molar-refractivity contribution in [3.05, 3.63) is 186 Å². The van der Waals surface area contributed by atoms with E-state index in [2.05, 4.69) is 229 Å². The Balaban J connectivity index is 1.24. The third-order valence-electron chi connectivity index (χ3n) is 14.2. The van der Waals surface area contributed by atoms with Crippen LogP contribution in [0, 0.1) is 0 Å². The first kappa shape index (κ1) is 39.3. The number of anilines is 6. The Kier molecular flexibility index (Phi) is 9.39. The molecule has 0 radical (unpaired) electrons.